The first-order chi connectivity index (χ1) is 8.11. The summed E-state index contributed by atoms with van der Waals surface area (Å²) in [5.74, 6) is -0.780. The fourth-order valence-corrected chi connectivity index (χ4v) is 2.57. The van der Waals surface area contributed by atoms with Gasteiger partial charge in [-0.3, -0.25) is 4.79 Å². The molecule has 17 heavy (non-hydrogen) atoms. The molecule has 0 bridgehead atoms. The normalized spacial score (nSPS) is 28.5. The number of carboxylic acids is 1. The summed E-state index contributed by atoms with van der Waals surface area (Å²) < 4.78 is 5.52. The molecule has 0 aromatic carbocycles. The van der Waals surface area contributed by atoms with E-state index in [1.807, 2.05) is 0 Å². The van der Waals surface area contributed by atoms with Gasteiger partial charge in [-0.05, 0) is 31.6 Å². The Hall–Kier alpha value is -0.610. The van der Waals surface area contributed by atoms with E-state index in [0.717, 1.165) is 32.3 Å². The number of hydrogen-bond donors (Lipinski definition) is 2. The standard InChI is InChI=1S/C13H25NO3/c1-2-3-4-9-17-10-7-11-6-5-8-13(11,14)12(15)16/h11H,2-10,14H2,1H3,(H,15,16). The molecule has 1 fully saturated rings. The van der Waals surface area contributed by atoms with Gasteiger partial charge >= 0.3 is 5.97 Å². The minimum Gasteiger partial charge on any atom is -0.480 e. The number of nitrogens with two attached hydrogens (primary N) is 1. The number of aliphatic carboxylic acids is 1. The molecule has 0 aromatic rings. The second-order valence-electron chi connectivity index (χ2n) is 5.04. The average molecular weight is 243 g/mol. The van der Waals surface area contributed by atoms with E-state index < -0.39 is 11.5 Å². The summed E-state index contributed by atoms with van der Waals surface area (Å²) in [7, 11) is 0. The van der Waals surface area contributed by atoms with E-state index in [1.54, 1.807) is 0 Å². The summed E-state index contributed by atoms with van der Waals surface area (Å²) in [5, 5.41) is 9.15. The predicted molar refractivity (Wildman–Crippen MR) is 66.9 cm³/mol. The van der Waals surface area contributed by atoms with Crippen LogP contribution in [0.5, 0.6) is 0 Å². The number of carboxylic acid groups (broad SMARTS) is 1. The van der Waals surface area contributed by atoms with Crippen molar-refractivity contribution < 1.29 is 14.6 Å². The Morgan fingerprint density at radius 1 is 1.47 bits per heavy atom. The van der Waals surface area contributed by atoms with Crippen molar-refractivity contribution in [3.05, 3.63) is 0 Å². The number of hydrogen-bond acceptors (Lipinski definition) is 3. The molecular weight excluding hydrogens is 218 g/mol. The van der Waals surface area contributed by atoms with Crippen LogP contribution < -0.4 is 5.73 Å². The lowest BCUT2D eigenvalue weighted by molar-refractivity contribution is -0.145. The van der Waals surface area contributed by atoms with Crippen molar-refractivity contribution in [1.82, 2.24) is 0 Å². The maximum Gasteiger partial charge on any atom is 0.323 e. The van der Waals surface area contributed by atoms with Crippen molar-refractivity contribution in [3.8, 4) is 0 Å². The van der Waals surface area contributed by atoms with Crippen molar-refractivity contribution in [1.29, 1.82) is 0 Å². The van der Waals surface area contributed by atoms with Gasteiger partial charge in [-0.25, -0.2) is 0 Å². The van der Waals surface area contributed by atoms with Crippen LogP contribution in [0.1, 0.15) is 51.9 Å². The van der Waals surface area contributed by atoms with E-state index >= 15 is 0 Å². The van der Waals surface area contributed by atoms with Crippen LogP contribution in [0.4, 0.5) is 0 Å². The monoisotopic (exact) mass is 243 g/mol. The molecule has 0 heterocycles. The predicted octanol–water partition coefficient (Wildman–Crippen LogP) is 2.17. The Morgan fingerprint density at radius 2 is 2.24 bits per heavy atom. The van der Waals surface area contributed by atoms with Gasteiger partial charge in [0.15, 0.2) is 0 Å². The molecule has 2 unspecified atom stereocenters. The molecule has 0 amide bonds. The van der Waals surface area contributed by atoms with Crippen LogP contribution in [0.25, 0.3) is 0 Å². The minimum atomic E-state index is -1.01. The molecule has 0 aliphatic heterocycles. The quantitative estimate of drug-likeness (QED) is 0.641. The number of unbranched alkanes of at least 4 members (excludes halogenated alkanes) is 2. The number of carbonyl (C=O) groups is 1. The topological polar surface area (TPSA) is 72.5 Å². The Balaban J connectivity index is 2.20. The average Bonchev–Trinajstić information content (AvgIpc) is 2.67. The Morgan fingerprint density at radius 3 is 2.88 bits per heavy atom. The molecule has 2 atom stereocenters. The van der Waals surface area contributed by atoms with Gasteiger partial charge in [-0.2, -0.15) is 0 Å². The van der Waals surface area contributed by atoms with Gasteiger partial charge in [0.1, 0.15) is 5.54 Å². The molecule has 0 spiro atoms. The molecule has 0 aromatic heterocycles. The smallest absolute Gasteiger partial charge is 0.323 e. The van der Waals surface area contributed by atoms with Gasteiger partial charge in [-0.1, -0.05) is 26.2 Å². The highest BCUT2D eigenvalue weighted by Gasteiger charge is 2.45. The molecule has 4 heteroatoms. The molecular formula is C13H25NO3. The van der Waals surface area contributed by atoms with Crippen LogP contribution in [0.2, 0.25) is 0 Å². The SMILES string of the molecule is CCCCCOCCC1CCCC1(N)C(=O)O. The van der Waals surface area contributed by atoms with Crippen LogP contribution >= 0.6 is 0 Å². The Kier molecular flexibility index (Phi) is 5.92. The molecule has 0 radical (unpaired) electrons. The highest BCUT2D eigenvalue weighted by atomic mass is 16.5. The Labute approximate surface area is 104 Å². The van der Waals surface area contributed by atoms with E-state index in [-0.39, 0.29) is 5.92 Å². The van der Waals surface area contributed by atoms with Crippen LogP contribution in [0.3, 0.4) is 0 Å². The summed E-state index contributed by atoms with van der Waals surface area (Å²) in [4.78, 5) is 11.1. The van der Waals surface area contributed by atoms with Crippen molar-refractivity contribution in [2.75, 3.05) is 13.2 Å². The fourth-order valence-electron chi connectivity index (χ4n) is 2.57. The molecule has 3 N–H and O–H groups in total. The van der Waals surface area contributed by atoms with Gasteiger partial charge < -0.3 is 15.6 Å². The van der Waals surface area contributed by atoms with Gasteiger partial charge in [0.2, 0.25) is 0 Å². The maximum absolute atomic E-state index is 11.1. The first-order valence-corrected chi connectivity index (χ1v) is 6.71. The molecule has 4 nitrogen and oxygen atoms in total. The largest absolute Gasteiger partial charge is 0.480 e. The van der Waals surface area contributed by atoms with Crippen molar-refractivity contribution in [2.45, 2.75) is 57.4 Å². The third-order valence-corrected chi connectivity index (χ3v) is 3.77. The first kappa shape index (κ1) is 14.5. The molecule has 0 saturated heterocycles. The summed E-state index contributed by atoms with van der Waals surface area (Å²) in [6.07, 6.45) is 6.69. The zero-order chi connectivity index (χ0) is 12.7. The van der Waals surface area contributed by atoms with Crippen LogP contribution in [-0.4, -0.2) is 29.8 Å². The van der Waals surface area contributed by atoms with Crippen LogP contribution in [-0.2, 0) is 9.53 Å². The van der Waals surface area contributed by atoms with Gasteiger partial charge in [0, 0.05) is 13.2 Å². The van der Waals surface area contributed by atoms with Crippen molar-refractivity contribution in [2.24, 2.45) is 11.7 Å². The van der Waals surface area contributed by atoms with Gasteiger partial charge in [-0.15, -0.1) is 0 Å². The zero-order valence-electron chi connectivity index (χ0n) is 10.8. The highest BCUT2D eigenvalue weighted by Crippen LogP contribution is 2.36. The molecule has 1 saturated carbocycles. The molecule has 1 aliphatic carbocycles. The number of ether oxygens (including phenoxy) is 1. The zero-order valence-corrected chi connectivity index (χ0v) is 10.8. The van der Waals surface area contributed by atoms with Gasteiger partial charge in [0.25, 0.3) is 0 Å². The third-order valence-electron chi connectivity index (χ3n) is 3.77. The summed E-state index contributed by atoms with van der Waals surface area (Å²) >= 11 is 0. The minimum absolute atomic E-state index is 0.0752. The maximum atomic E-state index is 11.1. The summed E-state index contributed by atoms with van der Waals surface area (Å²) in [5.41, 5.74) is 4.95. The Bertz CT molecular complexity index is 245. The second-order valence-corrected chi connectivity index (χ2v) is 5.04. The second kappa shape index (κ2) is 6.97. The highest BCUT2D eigenvalue weighted by molar-refractivity contribution is 5.79. The van der Waals surface area contributed by atoms with E-state index in [0.29, 0.717) is 13.0 Å². The van der Waals surface area contributed by atoms with E-state index in [2.05, 4.69) is 6.92 Å². The van der Waals surface area contributed by atoms with Crippen molar-refractivity contribution >= 4 is 5.97 Å². The van der Waals surface area contributed by atoms with Gasteiger partial charge in [0.05, 0.1) is 0 Å². The fraction of sp³-hybridized carbons (Fsp3) is 0.923. The van der Waals surface area contributed by atoms with Crippen LogP contribution in [0.15, 0.2) is 0 Å². The molecule has 1 aliphatic rings. The molecule has 1 rings (SSSR count). The first-order valence-electron chi connectivity index (χ1n) is 6.71. The van der Waals surface area contributed by atoms with E-state index in [9.17, 15) is 4.79 Å². The summed E-state index contributed by atoms with van der Waals surface area (Å²) in [6.45, 7) is 3.58. The van der Waals surface area contributed by atoms with E-state index in [1.165, 1.54) is 12.8 Å². The lowest BCUT2D eigenvalue weighted by atomic mass is 9.86. The van der Waals surface area contributed by atoms with Crippen LogP contribution in [0, 0.1) is 5.92 Å². The van der Waals surface area contributed by atoms with E-state index in [4.69, 9.17) is 15.6 Å². The molecule has 100 valence electrons. The van der Waals surface area contributed by atoms with Crippen molar-refractivity contribution in [3.63, 3.8) is 0 Å². The lowest BCUT2D eigenvalue weighted by Gasteiger charge is -2.26. The number of rotatable bonds is 8. The summed E-state index contributed by atoms with van der Waals surface area (Å²) in [6, 6.07) is 0. The third kappa shape index (κ3) is 3.96. The lowest BCUT2D eigenvalue weighted by Crippen LogP contribution is -2.51.